The predicted molar refractivity (Wildman–Crippen MR) is 101 cm³/mol. The maximum atomic E-state index is 13.5. The second-order valence-electron chi connectivity index (χ2n) is 7.45. The molecule has 0 fully saturated rings. The molecule has 4 rings (SSSR count). The average molecular weight is 336 g/mol. The van der Waals surface area contributed by atoms with E-state index in [4.69, 9.17) is 0 Å². The standard InChI is InChI=1S/C22H25FN2/c1-15-7-8-21-19(11-15)20-14-24(3)16(2)12-22(20)25(21)10-9-17-5-4-6-18(23)13-17/h4-8,11,13,16H,9-10,12,14H2,1-3H3. The van der Waals surface area contributed by atoms with E-state index in [1.807, 2.05) is 6.07 Å². The highest BCUT2D eigenvalue weighted by Gasteiger charge is 2.26. The van der Waals surface area contributed by atoms with Gasteiger partial charge in [-0.1, -0.05) is 23.8 Å². The minimum absolute atomic E-state index is 0.150. The first kappa shape index (κ1) is 16.3. The molecule has 3 aromatic rings. The Hall–Kier alpha value is -2.13. The summed E-state index contributed by atoms with van der Waals surface area (Å²) in [6.07, 6.45) is 1.93. The Morgan fingerprint density at radius 2 is 2.00 bits per heavy atom. The van der Waals surface area contributed by atoms with Crippen molar-refractivity contribution in [3.63, 3.8) is 0 Å². The molecule has 2 heterocycles. The van der Waals surface area contributed by atoms with Gasteiger partial charge < -0.3 is 4.57 Å². The van der Waals surface area contributed by atoms with Gasteiger partial charge in [0.1, 0.15) is 5.82 Å². The molecule has 0 aliphatic carbocycles. The van der Waals surface area contributed by atoms with Crippen LogP contribution in [0.15, 0.2) is 42.5 Å². The molecule has 0 saturated heterocycles. The monoisotopic (exact) mass is 336 g/mol. The number of nitrogens with zero attached hydrogens (tertiary/aromatic N) is 2. The maximum Gasteiger partial charge on any atom is 0.123 e. The number of aromatic nitrogens is 1. The Bertz CT molecular complexity index is 925. The highest BCUT2D eigenvalue weighted by Crippen LogP contribution is 2.33. The number of halogens is 1. The van der Waals surface area contributed by atoms with E-state index < -0.39 is 0 Å². The van der Waals surface area contributed by atoms with Gasteiger partial charge in [-0.25, -0.2) is 4.39 Å². The van der Waals surface area contributed by atoms with Gasteiger partial charge in [0.25, 0.3) is 0 Å². The summed E-state index contributed by atoms with van der Waals surface area (Å²) in [5.74, 6) is -0.150. The summed E-state index contributed by atoms with van der Waals surface area (Å²) < 4.78 is 16.0. The molecule has 0 radical (unpaired) electrons. The van der Waals surface area contributed by atoms with Crippen molar-refractivity contribution in [1.29, 1.82) is 0 Å². The second kappa shape index (κ2) is 6.30. The van der Waals surface area contributed by atoms with Crippen molar-refractivity contribution in [3.8, 4) is 0 Å². The molecule has 0 saturated carbocycles. The van der Waals surface area contributed by atoms with Crippen LogP contribution in [0.4, 0.5) is 4.39 Å². The van der Waals surface area contributed by atoms with Crippen LogP contribution in [0.25, 0.3) is 10.9 Å². The zero-order valence-electron chi connectivity index (χ0n) is 15.2. The van der Waals surface area contributed by atoms with E-state index in [0.29, 0.717) is 6.04 Å². The lowest BCUT2D eigenvalue weighted by Crippen LogP contribution is -2.35. The Morgan fingerprint density at radius 3 is 2.80 bits per heavy atom. The van der Waals surface area contributed by atoms with Crippen molar-refractivity contribution < 1.29 is 4.39 Å². The van der Waals surface area contributed by atoms with E-state index >= 15 is 0 Å². The van der Waals surface area contributed by atoms with E-state index in [-0.39, 0.29) is 5.82 Å². The van der Waals surface area contributed by atoms with Crippen molar-refractivity contribution in [2.45, 2.75) is 45.8 Å². The van der Waals surface area contributed by atoms with Gasteiger partial charge in [-0.2, -0.15) is 0 Å². The first-order valence-corrected chi connectivity index (χ1v) is 9.08. The molecule has 0 amide bonds. The SMILES string of the molecule is Cc1ccc2c(c1)c1c(n2CCc2cccc(F)c2)CC(C)N(C)C1. The molecule has 1 aliphatic heterocycles. The molecule has 0 bridgehead atoms. The molecule has 2 aromatic carbocycles. The van der Waals surface area contributed by atoms with Crippen LogP contribution in [0.2, 0.25) is 0 Å². The molecule has 25 heavy (non-hydrogen) atoms. The summed E-state index contributed by atoms with van der Waals surface area (Å²) in [5.41, 5.74) is 6.61. The van der Waals surface area contributed by atoms with E-state index in [2.05, 4.69) is 48.6 Å². The zero-order chi connectivity index (χ0) is 17.6. The highest BCUT2D eigenvalue weighted by molar-refractivity contribution is 5.86. The molecular formula is C22H25FN2. The number of benzene rings is 2. The molecule has 3 heteroatoms. The first-order valence-electron chi connectivity index (χ1n) is 9.08. The molecule has 1 unspecified atom stereocenters. The summed E-state index contributed by atoms with van der Waals surface area (Å²) in [7, 11) is 2.21. The number of likely N-dealkylation sites (N-methyl/N-ethyl adjacent to an activating group) is 1. The zero-order valence-corrected chi connectivity index (χ0v) is 15.2. The van der Waals surface area contributed by atoms with E-state index in [9.17, 15) is 4.39 Å². The normalized spacial score (nSPS) is 17.8. The first-order chi connectivity index (χ1) is 12.0. The lowest BCUT2D eigenvalue weighted by Gasteiger charge is -2.31. The van der Waals surface area contributed by atoms with E-state index in [1.54, 1.807) is 12.1 Å². The fourth-order valence-electron chi connectivity index (χ4n) is 4.03. The third-order valence-corrected chi connectivity index (χ3v) is 5.60. The van der Waals surface area contributed by atoms with Crippen LogP contribution in [0.5, 0.6) is 0 Å². The number of aryl methyl sites for hydroxylation is 3. The Morgan fingerprint density at radius 1 is 1.16 bits per heavy atom. The lowest BCUT2D eigenvalue weighted by atomic mass is 9.99. The summed E-state index contributed by atoms with van der Waals surface area (Å²) >= 11 is 0. The van der Waals surface area contributed by atoms with Gasteiger partial charge in [-0.15, -0.1) is 0 Å². The third-order valence-electron chi connectivity index (χ3n) is 5.60. The molecule has 0 spiro atoms. The van der Waals surface area contributed by atoms with Gasteiger partial charge in [0.05, 0.1) is 0 Å². The van der Waals surface area contributed by atoms with Crippen LogP contribution < -0.4 is 0 Å². The molecule has 1 atom stereocenters. The van der Waals surface area contributed by atoms with Gasteiger partial charge in [0, 0.05) is 42.1 Å². The summed E-state index contributed by atoms with van der Waals surface area (Å²) in [5, 5.41) is 1.38. The number of rotatable bonds is 3. The Kier molecular flexibility index (Phi) is 4.12. The highest BCUT2D eigenvalue weighted by atomic mass is 19.1. The second-order valence-corrected chi connectivity index (χ2v) is 7.45. The van der Waals surface area contributed by atoms with Gasteiger partial charge >= 0.3 is 0 Å². The van der Waals surface area contributed by atoms with Gasteiger partial charge in [0.15, 0.2) is 0 Å². The molecule has 1 aliphatic rings. The van der Waals surface area contributed by atoms with Crippen LogP contribution in [0.1, 0.15) is 29.3 Å². The van der Waals surface area contributed by atoms with Crippen molar-refractivity contribution in [2.75, 3.05) is 7.05 Å². The van der Waals surface area contributed by atoms with Gasteiger partial charge in [0.2, 0.25) is 0 Å². The van der Waals surface area contributed by atoms with E-state index in [1.165, 1.54) is 33.8 Å². The third kappa shape index (κ3) is 2.98. The Balaban J connectivity index is 1.76. The molecular weight excluding hydrogens is 311 g/mol. The molecule has 130 valence electrons. The lowest BCUT2D eigenvalue weighted by molar-refractivity contribution is 0.228. The largest absolute Gasteiger partial charge is 0.344 e. The van der Waals surface area contributed by atoms with Crippen molar-refractivity contribution in [1.82, 2.24) is 9.47 Å². The maximum absolute atomic E-state index is 13.5. The predicted octanol–water partition coefficient (Wildman–Crippen LogP) is 4.71. The van der Waals surface area contributed by atoms with Crippen LogP contribution >= 0.6 is 0 Å². The van der Waals surface area contributed by atoms with E-state index in [0.717, 1.165) is 31.5 Å². The van der Waals surface area contributed by atoms with Crippen LogP contribution in [-0.4, -0.2) is 22.6 Å². The number of hydrogen-bond acceptors (Lipinski definition) is 1. The summed E-state index contributed by atoms with van der Waals surface area (Å²) in [4.78, 5) is 2.43. The molecule has 1 aromatic heterocycles. The van der Waals surface area contributed by atoms with Crippen LogP contribution in [-0.2, 0) is 25.9 Å². The minimum atomic E-state index is -0.150. The fourth-order valence-corrected chi connectivity index (χ4v) is 4.03. The number of hydrogen-bond donors (Lipinski definition) is 0. The minimum Gasteiger partial charge on any atom is -0.344 e. The fraction of sp³-hybridized carbons (Fsp3) is 0.364. The summed E-state index contributed by atoms with van der Waals surface area (Å²) in [6, 6.07) is 14.3. The van der Waals surface area contributed by atoms with Gasteiger partial charge in [-0.05, 0) is 62.7 Å². The van der Waals surface area contributed by atoms with Crippen LogP contribution in [0.3, 0.4) is 0 Å². The molecule has 0 N–H and O–H groups in total. The van der Waals surface area contributed by atoms with Crippen molar-refractivity contribution in [3.05, 3.63) is 70.7 Å². The molecule has 2 nitrogen and oxygen atoms in total. The Labute approximate surface area is 148 Å². The van der Waals surface area contributed by atoms with Crippen molar-refractivity contribution >= 4 is 10.9 Å². The quantitative estimate of drug-likeness (QED) is 0.672. The summed E-state index contributed by atoms with van der Waals surface area (Å²) in [6.45, 7) is 6.35. The topological polar surface area (TPSA) is 8.17 Å². The van der Waals surface area contributed by atoms with Crippen molar-refractivity contribution in [2.24, 2.45) is 0 Å². The van der Waals surface area contributed by atoms with Gasteiger partial charge in [-0.3, -0.25) is 4.90 Å². The van der Waals surface area contributed by atoms with Crippen LogP contribution in [0, 0.1) is 12.7 Å². The average Bonchev–Trinajstić information content (AvgIpc) is 2.86. The number of fused-ring (bicyclic) bond motifs is 3. The smallest absolute Gasteiger partial charge is 0.123 e.